The van der Waals surface area contributed by atoms with Crippen LogP contribution in [0.15, 0.2) is 97.2 Å². The van der Waals surface area contributed by atoms with E-state index in [4.69, 9.17) is 0 Å². The Morgan fingerprint density at radius 2 is 1.44 bits per heavy atom. The van der Waals surface area contributed by atoms with E-state index < -0.39 is 6.10 Å². The molecule has 2 N–H and O–H groups in total. The Morgan fingerprint density at radius 1 is 0.706 bits per heavy atom. The van der Waals surface area contributed by atoms with E-state index in [1.807, 2.05) is 6.92 Å². The van der Waals surface area contributed by atoms with Crippen molar-refractivity contribution in [3.05, 3.63) is 119 Å². The zero-order valence-electron chi connectivity index (χ0n) is 20.0. The number of para-hydroxylation sites is 1. The summed E-state index contributed by atoms with van der Waals surface area (Å²) in [6.45, 7) is 6.30. The van der Waals surface area contributed by atoms with Crippen molar-refractivity contribution in [2.45, 2.75) is 39.2 Å². The Kier molecular flexibility index (Phi) is 6.08. The highest BCUT2D eigenvalue weighted by atomic mass is 16.3. The second-order valence-corrected chi connectivity index (χ2v) is 9.46. The third kappa shape index (κ3) is 4.30. The standard InChI is InChI=1S/C32H31NO/c1-21(2)27-11-4-5-12-28(27)25-15-16-29(31(19-25)22(3)34)24-10-8-9-23(17-24)18-26-20-33-32-14-7-6-13-30(26)32/h4-17,19-22,33-34H,18H2,1-3H3. The van der Waals surface area contributed by atoms with Gasteiger partial charge in [0.15, 0.2) is 0 Å². The first-order valence-electron chi connectivity index (χ1n) is 12.1. The van der Waals surface area contributed by atoms with Crippen molar-refractivity contribution >= 4 is 10.9 Å². The maximum Gasteiger partial charge on any atom is 0.0768 e. The Bertz CT molecular complexity index is 1440. The van der Waals surface area contributed by atoms with Gasteiger partial charge in [-0.2, -0.15) is 0 Å². The maximum atomic E-state index is 10.7. The summed E-state index contributed by atoms with van der Waals surface area (Å²) in [5, 5.41) is 12.0. The molecule has 0 radical (unpaired) electrons. The molecule has 2 nitrogen and oxygen atoms in total. The molecule has 1 aromatic heterocycles. The van der Waals surface area contributed by atoms with Crippen molar-refractivity contribution < 1.29 is 5.11 Å². The lowest BCUT2D eigenvalue weighted by molar-refractivity contribution is 0.200. The van der Waals surface area contributed by atoms with Crippen LogP contribution in [0.4, 0.5) is 0 Å². The van der Waals surface area contributed by atoms with Crippen LogP contribution < -0.4 is 0 Å². The number of aromatic nitrogens is 1. The summed E-state index contributed by atoms with van der Waals surface area (Å²) in [6, 6.07) is 32.2. The average Bonchev–Trinajstić information content (AvgIpc) is 3.26. The third-order valence-electron chi connectivity index (χ3n) is 6.70. The van der Waals surface area contributed by atoms with Crippen LogP contribution in [-0.4, -0.2) is 10.1 Å². The van der Waals surface area contributed by atoms with Gasteiger partial charge in [-0.05, 0) is 75.9 Å². The first-order valence-corrected chi connectivity index (χ1v) is 12.1. The van der Waals surface area contributed by atoms with Gasteiger partial charge in [0.25, 0.3) is 0 Å². The summed E-state index contributed by atoms with van der Waals surface area (Å²) >= 11 is 0. The molecular weight excluding hydrogens is 414 g/mol. The van der Waals surface area contributed by atoms with Crippen LogP contribution in [0.5, 0.6) is 0 Å². The maximum absolute atomic E-state index is 10.7. The van der Waals surface area contributed by atoms with E-state index in [1.165, 1.54) is 33.2 Å². The monoisotopic (exact) mass is 445 g/mol. The van der Waals surface area contributed by atoms with Crippen LogP contribution in [0.2, 0.25) is 0 Å². The molecule has 0 aliphatic heterocycles. The fraction of sp³-hybridized carbons (Fsp3) is 0.188. The smallest absolute Gasteiger partial charge is 0.0768 e. The lowest BCUT2D eigenvalue weighted by Gasteiger charge is -2.18. The van der Waals surface area contributed by atoms with Crippen molar-refractivity contribution in [2.75, 3.05) is 0 Å². The SMILES string of the molecule is CC(C)c1ccccc1-c1ccc(-c2cccc(Cc3c[nH]c4ccccc34)c2)c(C(C)O)c1. The average molecular weight is 446 g/mol. The molecule has 0 saturated carbocycles. The Labute approximate surface area is 201 Å². The van der Waals surface area contributed by atoms with E-state index in [1.54, 1.807) is 0 Å². The molecule has 0 saturated heterocycles. The molecule has 2 heteroatoms. The van der Waals surface area contributed by atoms with Crippen LogP contribution in [0, 0.1) is 0 Å². The van der Waals surface area contributed by atoms with E-state index in [9.17, 15) is 5.11 Å². The van der Waals surface area contributed by atoms with Gasteiger partial charge in [-0.3, -0.25) is 0 Å². The molecule has 4 aromatic carbocycles. The van der Waals surface area contributed by atoms with Gasteiger partial charge in [0.05, 0.1) is 6.10 Å². The third-order valence-corrected chi connectivity index (χ3v) is 6.70. The molecule has 1 heterocycles. The van der Waals surface area contributed by atoms with Gasteiger partial charge < -0.3 is 10.1 Å². The van der Waals surface area contributed by atoms with Gasteiger partial charge in [-0.25, -0.2) is 0 Å². The summed E-state index contributed by atoms with van der Waals surface area (Å²) < 4.78 is 0. The van der Waals surface area contributed by atoms with Gasteiger partial charge in [0.1, 0.15) is 0 Å². The number of rotatable bonds is 6. The second-order valence-electron chi connectivity index (χ2n) is 9.46. The van der Waals surface area contributed by atoms with Crippen LogP contribution in [0.25, 0.3) is 33.2 Å². The predicted molar refractivity (Wildman–Crippen MR) is 143 cm³/mol. The number of fused-ring (bicyclic) bond motifs is 1. The molecule has 0 bridgehead atoms. The van der Waals surface area contributed by atoms with Crippen LogP contribution in [-0.2, 0) is 6.42 Å². The largest absolute Gasteiger partial charge is 0.389 e. The van der Waals surface area contributed by atoms with Crippen molar-refractivity contribution in [2.24, 2.45) is 0 Å². The molecule has 1 atom stereocenters. The minimum atomic E-state index is -0.557. The first-order chi connectivity index (χ1) is 16.5. The number of hydrogen-bond donors (Lipinski definition) is 2. The molecule has 5 rings (SSSR count). The van der Waals surface area contributed by atoms with E-state index >= 15 is 0 Å². The number of benzene rings is 4. The number of H-pyrrole nitrogens is 1. The Hall–Kier alpha value is -3.62. The zero-order valence-corrected chi connectivity index (χ0v) is 20.0. The lowest BCUT2D eigenvalue weighted by atomic mass is 9.88. The highest BCUT2D eigenvalue weighted by Crippen LogP contribution is 2.36. The van der Waals surface area contributed by atoms with E-state index in [0.717, 1.165) is 28.7 Å². The Balaban J connectivity index is 1.53. The molecule has 0 fully saturated rings. The molecule has 0 aliphatic rings. The van der Waals surface area contributed by atoms with Crippen molar-refractivity contribution in [1.82, 2.24) is 4.98 Å². The highest BCUT2D eigenvalue weighted by Gasteiger charge is 2.15. The summed E-state index contributed by atoms with van der Waals surface area (Å²) in [6.07, 6.45) is 2.42. The van der Waals surface area contributed by atoms with Gasteiger partial charge in [0.2, 0.25) is 0 Å². The summed E-state index contributed by atoms with van der Waals surface area (Å²) in [7, 11) is 0. The molecular formula is C32H31NO. The molecule has 5 aromatic rings. The number of nitrogens with one attached hydrogen (secondary N) is 1. The topological polar surface area (TPSA) is 36.0 Å². The number of hydrogen-bond acceptors (Lipinski definition) is 1. The van der Waals surface area contributed by atoms with Crippen molar-refractivity contribution in [3.63, 3.8) is 0 Å². The molecule has 170 valence electrons. The fourth-order valence-electron chi connectivity index (χ4n) is 4.95. The van der Waals surface area contributed by atoms with Crippen LogP contribution >= 0.6 is 0 Å². The normalized spacial score (nSPS) is 12.4. The summed E-state index contributed by atoms with van der Waals surface area (Å²) in [5.41, 5.74) is 10.6. The Morgan fingerprint density at radius 3 is 2.26 bits per heavy atom. The molecule has 1 unspecified atom stereocenters. The number of aliphatic hydroxyl groups excluding tert-OH is 1. The minimum Gasteiger partial charge on any atom is -0.389 e. The van der Waals surface area contributed by atoms with Crippen LogP contribution in [0.3, 0.4) is 0 Å². The number of aromatic amines is 1. The molecule has 0 spiro atoms. The van der Waals surface area contributed by atoms with Gasteiger partial charge in [-0.15, -0.1) is 0 Å². The molecule has 0 aliphatic carbocycles. The van der Waals surface area contributed by atoms with E-state index in [-0.39, 0.29) is 0 Å². The lowest BCUT2D eigenvalue weighted by Crippen LogP contribution is -1.98. The van der Waals surface area contributed by atoms with Gasteiger partial charge in [-0.1, -0.05) is 92.7 Å². The first kappa shape index (κ1) is 22.2. The van der Waals surface area contributed by atoms with Crippen molar-refractivity contribution in [1.29, 1.82) is 0 Å². The summed E-state index contributed by atoms with van der Waals surface area (Å²) in [5.74, 6) is 0.437. The second kappa shape index (κ2) is 9.32. The van der Waals surface area contributed by atoms with E-state index in [2.05, 4.69) is 116 Å². The van der Waals surface area contributed by atoms with Gasteiger partial charge >= 0.3 is 0 Å². The zero-order chi connectivity index (χ0) is 23.7. The number of aliphatic hydroxyl groups is 1. The quantitative estimate of drug-likeness (QED) is 0.271. The molecule has 0 amide bonds. The highest BCUT2D eigenvalue weighted by molar-refractivity contribution is 5.83. The van der Waals surface area contributed by atoms with Gasteiger partial charge in [0, 0.05) is 17.1 Å². The predicted octanol–water partition coefficient (Wildman–Crippen LogP) is 8.27. The minimum absolute atomic E-state index is 0.437. The van der Waals surface area contributed by atoms with Crippen LogP contribution in [0.1, 0.15) is 55.0 Å². The van der Waals surface area contributed by atoms with E-state index in [0.29, 0.717) is 5.92 Å². The molecule has 34 heavy (non-hydrogen) atoms. The van der Waals surface area contributed by atoms with Crippen molar-refractivity contribution in [3.8, 4) is 22.3 Å². The summed E-state index contributed by atoms with van der Waals surface area (Å²) in [4.78, 5) is 3.38. The fourth-order valence-corrected chi connectivity index (χ4v) is 4.95.